The van der Waals surface area contributed by atoms with Gasteiger partial charge in [0.25, 0.3) is 5.91 Å². The predicted octanol–water partition coefficient (Wildman–Crippen LogP) is 3.89. The van der Waals surface area contributed by atoms with E-state index in [1.807, 2.05) is 26.8 Å². The maximum atomic E-state index is 12.3. The van der Waals surface area contributed by atoms with Gasteiger partial charge in [0.05, 0.1) is 10.0 Å². The second-order valence-electron chi connectivity index (χ2n) is 6.58. The van der Waals surface area contributed by atoms with Crippen molar-refractivity contribution in [1.29, 1.82) is 0 Å². The van der Waals surface area contributed by atoms with E-state index in [0.717, 1.165) is 16.7 Å². The highest BCUT2D eigenvalue weighted by molar-refractivity contribution is 6.42. The molecule has 0 spiro atoms. The Hall–Kier alpha value is -1.27. The summed E-state index contributed by atoms with van der Waals surface area (Å²) in [6, 6.07) is 3.65. The summed E-state index contributed by atoms with van der Waals surface area (Å²) in [5, 5.41) is 16.6. The molecule has 3 N–H and O–H groups in total. The van der Waals surface area contributed by atoms with Gasteiger partial charge >= 0.3 is 0 Å². The minimum Gasteiger partial charge on any atom is -0.367 e. The minimum atomic E-state index is -1.39. The van der Waals surface area contributed by atoms with E-state index in [2.05, 4.69) is 10.6 Å². The smallest absolute Gasteiger partial charge is 0.254 e. The van der Waals surface area contributed by atoms with Crippen LogP contribution in [0.2, 0.25) is 10.0 Å². The van der Waals surface area contributed by atoms with Gasteiger partial charge in [-0.05, 0) is 64.3 Å². The lowest BCUT2D eigenvalue weighted by Gasteiger charge is -2.24. The third-order valence-corrected chi connectivity index (χ3v) is 4.30. The van der Waals surface area contributed by atoms with E-state index in [4.69, 9.17) is 27.9 Å². The lowest BCUT2D eigenvalue weighted by molar-refractivity contribution is -0.203. The topological polar surface area (TPSA) is 70.6 Å². The lowest BCUT2D eigenvalue weighted by Crippen LogP contribution is -2.42. The van der Waals surface area contributed by atoms with Crippen LogP contribution in [0.25, 0.3) is 0 Å². The second kappa shape index (κ2) is 8.90. The summed E-state index contributed by atoms with van der Waals surface area (Å²) in [4.78, 5) is 12.3. The fourth-order valence-corrected chi connectivity index (χ4v) is 2.60. The number of hydrogen-bond donors (Lipinski definition) is 3. The van der Waals surface area contributed by atoms with Gasteiger partial charge in [0, 0.05) is 6.54 Å². The predicted molar refractivity (Wildman–Crippen MR) is 101 cm³/mol. The number of aliphatic hydroxyl groups is 1. The van der Waals surface area contributed by atoms with Crippen LogP contribution >= 0.6 is 23.2 Å². The fourth-order valence-electron chi connectivity index (χ4n) is 2.14. The number of benzene rings is 1. The molecule has 25 heavy (non-hydrogen) atoms. The number of carbonyl (C=O) groups excluding carboxylic acids is 1. The highest BCUT2D eigenvalue weighted by Gasteiger charge is 2.23. The molecule has 5 nitrogen and oxygen atoms in total. The number of ether oxygens (including phenoxy) is 1. The van der Waals surface area contributed by atoms with Crippen LogP contribution in [0.4, 0.5) is 0 Å². The number of allylic oxidation sites excluding steroid dienone is 1. The van der Waals surface area contributed by atoms with Gasteiger partial charge in [-0.3, -0.25) is 4.79 Å². The molecule has 1 amide bonds. The molecule has 1 atom stereocenters. The molecule has 7 heteroatoms. The molecule has 1 rings (SSSR count). The van der Waals surface area contributed by atoms with Crippen molar-refractivity contribution >= 4 is 29.1 Å². The molecule has 0 saturated carbocycles. The van der Waals surface area contributed by atoms with Gasteiger partial charge in [-0.1, -0.05) is 29.3 Å². The van der Waals surface area contributed by atoms with Crippen LogP contribution in [0.15, 0.2) is 23.5 Å². The van der Waals surface area contributed by atoms with Gasteiger partial charge in [0.2, 0.25) is 0 Å². The molecule has 0 fully saturated rings. The molecule has 1 aromatic carbocycles. The number of hydrogen-bond acceptors (Lipinski definition) is 4. The van der Waals surface area contributed by atoms with Crippen molar-refractivity contribution in [1.82, 2.24) is 10.6 Å². The largest absolute Gasteiger partial charge is 0.367 e. The maximum absolute atomic E-state index is 12.3. The van der Waals surface area contributed by atoms with Crippen molar-refractivity contribution < 1.29 is 14.6 Å². The first-order valence-electron chi connectivity index (χ1n) is 7.98. The number of aryl methyl sites for hydroxylation is 1. The zero-order valence-corrected chi connectivity index (χ0v) is 17.0. The summed E-state index contributed by atoms with van der Waals surface area (Å²) in [6.07, 6.45) is -0.812. The van der Waals surface area contributed by atoms with Crippen LogP contribution in [0.1, 0.15) is 45.7 Å². The van der Waals surface area contributed by atoms with E-state index >= 15 is 0 Å². The van der Waals surface area contributed by atoms with Crippen molar-refractivity contribution in [3.8, 4) is 0 Å². The van der Waals surface area contributed by atoms with E-state index in [1.165, 1.54) is 13.8 Å². The van der Waals surface area contributed by atoms with Crippen LogP contribution in [-0.4, -0.2) is 22.9 Å². The Balaban J connectivity index is 2.82. The average molecular weight is 389 g/mol. The number of rotatable bonds is 7. The molecule has 0 bridgehead atoms. The quantitative estimate of drug-likeness (QED) is 0.619. The molecule has 0 radical (unpaired) electrons. The first kappa shape index (κ1) is 21.8. The Morgan fingerprint density at radius 1 is 1.32 bits per heavy atom. The summed E-state index contributed by atoms with van der Waals surface area (Å²) < 4.78 is 5.25. The monoisotopic (exact) mass is 388 g/mol. The van der Waals surface area contributed by atoms with Gasteiger partial charge in [0.1, 0.15) is 11.9 Å². The van der Waals surface area contributed by atoms with Crippen molar-refractivity contribution in [2.45, 2.75) is 60.0 Å². The summed E-state index contributed by atoms with van der Waals surface area (Å²) in [5.74, 6) is -1.19. The molecule has 1 aromatic rings. The third-order valence-electron chi connectivity index (χ3n) is 3.45. The molecule has 0 aliphatic carbocycles. The lowest BCUT2D eigenvalue weighted by atomic mass is 10.1. The Kier molecular flexibility index (Phi) is 7.75. The van der Waals surface area contributed by atoms with Crippen molar-refractivity contribution in [2.24, 2.45) is 0 Å². The molecule has 0 heterocycles. The Morgan fingerprint density at radius 3 is 2.44 bits per heavy atom. The van der Waals surface area contributed by atoms with E-state index in [0.29, 0.717) is 22.4 Å². The molecular formula is C18H26Cl2N2O3. The van der Waals surface area contributed by atoms with Gasteiger partial charge < -0.3 is 20.5 Å². The summed E-state index contributed by atoms with van der Waals surface area (Å²) in [7, 11) is 0. The van der Waals surface area contributed by atoms with Crippen LogP contribution in [0.3, 0.4) is 0 Å². The number of amides is 1. The normalized spacial score (nSPS) is 12.5. The molecule has 0 aliphatic heterocycles. The summed E-state index contributed by atoms with van der Waals surface area (Å²) in [6.45, 7) is 10.6. The Labute approximate surface area is 159 Å². The van der Waals surface area contributed by atoms with Crippen molar-refractivity contribution in [3.05, 3.63) is 44.7 Å². The van der Waals surface area contributed by atoms with E-state index in [-0.39, 0.29) is 5.91 Å². The van der Waals surface area contributed by atoms with Crippen molar-refractivity contribution in [2.75, 3.05) is 0 Å². The Bertz CT molecular complexity index is 663. The van der Waals surface area contributed by atoms with Crippen LogP contribution in [0.5, 0.6) is 0 Å². The second-order valence-corrected chi connectivity index (χ2v) is 7.37. The van der Waals surface area contributed by atoms with Crippen molar-refractivity contribution in [3.63, 3.8) is 0 Å². The van der Waals surface area contributed by atoms with Gasteiger partial charge in [0.15, 0.2) is 5.79 Å². The first-order valence-corrected chi connectivity index (χ1v) is 8.74. The SMILES string of the molecule is CC(C)=C(NCc1c(C)ccc(Cl)c1Cl)NC(=O)C(C)OC(C)(C)O. The molecule has 0 saturated heterocycles. The van der Waals surface area contributed by atoms with Crippen LogP contribution in [0, 0.1) is 6.92 Å². The van der Waals surface area contributed by atoms with E-state index in [9.17, 15) is 9.90 Å². The molecule has 0 aliphatic rings. The van der Waals surface area contributed by atoms with E-state index < -0.39 is 11.9 Å². The van der Waals surface area contributed by atoms with Crippen LogP contribution < -0.4 is 10.6 Å². The standard InChI is InChI=1S/C18H26Cl2N2O3/c1-10(2)16(22-17(23)12(4)25-18(5,6)24)21-9-13-11(3)7-8-14(19)15(13)20/h7-8,12,21,24H,9H2,1-6H3,(H,22,23). The zero-order chi connectivity index (χ0) is 19.4. The molecule has 1 unspecified atom stereocenters. The summed E-state index contributed by atoms with van der Waals surface area (Å²) in [5.41, 5.74) is 2.75. The zero-order valence-electron chi connectivity index (χ0n) is 15.5. The fraction of sp³-hybridized carbons (Fsp3) is 0.500. The molecular weight excluding hydrogens is 363 g/mol. The molecule has 0 aromatic heterocycles. The highest BCUT2D eigenvalue weighted by atomic mass is 35.5. The van der Waals surface area contributed by atoms with Gasteiger partial charge in [-0.25, -0.2) is 0 Å². The average Bonchev–Trinajstić information content (AvgIpc) is 2.47. The Morgan fingerprint density at radius 2 is 1.92 bits per heavy atom. The highest BCUT2D eigenvalue weighted by Crippen LogP contribution is 2.28. The number of halogens is 2. The number of carbonyl (C=O) groups is 1. The summed E-state index contributed by atoms with van der Waals surface area (Å²) >= 11 is 12.3. The number of nitrogens with one attached hydrogen (secondary N) is 2. The third kappa shape index (κ3) is 6.86. The minimum absolute atomic E-state index is 0.361. The molecule has 140 valence electrons. The van der Waals surface area contributed by atoms with E-state index in [1.54, 1.807) is 13.0 Å². The van der Waals surface area contributed by atoms with Crippen LogP contribution in [-0.2, 0) is 16.1 Å². The van der Waals surface area contributed by atoms with Gasteiger partial charge in [-0.2, -0.15) is 0 Å². The van der Waals surface area contributed by atoms with Gasteiger partial charge in [-0.15, -0.1) is 0 Å². The first-order chi connectivity index (χ1) is 11.4. The maximum Gasteiger partial charge on any atom is 0.254 e.